The molecular formula is C39H62N4O15S. The summed E-state index contributed by atoms with van der Waals surface area (Å²) in [6.07, 6.45) is -10.7. The molecule has 3 amide bonds. The van der Waals surface area contributed by atoms with E-state index in [2.05, 4.69) is 20.9 Å². The average Bonchev–Trinajstić information content (AvgIpc) is 3.66. The summed E-state index contributed by atoms with van der Waals surface area (Å²) < 4.78 is 31.0. The van der Waals surface area contributed by atoms with Gasteiger partial charge in [-0.3, -0.25) is 14.4 Å². The summed E-state index contributed by atoms with van der Waals surface area (Å²) in [6.45, 7) is 5.88. The van der Waals surface area contributed by atoms with Crippen LogP contribution < -0.4 is 16.0 Å². The number of aliphatic hydroxyl groups excluding tert-OH is 5. The first-order valence-electron chi connectivity index (χ1n) is 20.7. The van der Waals surface area contributed by atoms with E-state index in [9.17, 15) is 49.8 Å². The lowest BCUT2D eigenvalue weighted by Crippen LogP contribution is -2.67. The number of hydrogen-bond acceptors (Lipinski definition) is 16. The fourth-order valence-corrected chi connectivity index (χ4v) is 9.33. The lowest BCUT2D eigenvalue weighted by atomic mass is 9.75. The molecule has 15 atom stereocenters. The maximum Gasteiger partial charge on any atom is 0.332 e. The molecule has 1 aromatic rings. The number of aromatic nitrogens is 1. The first kappa shape index (κ1) is 47.2. The molecule has 0 aromatic carbocycles. The number of carbonyl (C=O) groups excluding carboxylic acids is 3. The van der Waals surface area contributed by atoms with Crippen molar-refractivity contribution in [1.82, 2.24) is 20.9 Å². The van der Waals surface area contributed by atoms with Crippen molar-refractivity contribution in [3.63, 3.8) is 0 Å². The zero-order chi connectivity index (χ0) is 43.0. The van der Waals surface area contributed by atoms with Gasteiger partial charge in [-0.1, -0.05) is 45.4 Å². The lowest BCUT2D eigenvalue weighted by molar-refractivity contribution is -0.338. The Bertz CT molecular complexity index is 1550. The van der Waals surface area contributed by atoms with Crippen molar-refractivity contribution < 1.29 is 73.5 Å². The minimum Gasteiger partial charge on any atom is -0.479 e. The number of aryl methyl sites for hydroxylation is 1. The van der Waals surface area contributed by atoms with Gasteiger partial charge in [0.25, 0.3) is 5.91 Å². The van der Waals surface area contributed by atoms with E-state index < -0.39 is 110 Å². The van der Waals surface area contributed by atoms with E-state index in [1.54, 1.807) is 12.3 Å². The summed E-state index contributed by atoms with van der Waals surface area (Å²) >= 11 is 1.21. The van der Waals surface area contributed by atoms with Crippen molar-refractivity contribution >= 4 is 35.0 Å². The zero-order valence-corrected chi connectivity index (χ0v) is 34.8. The first-order valence-corrected chi connectivity index (χ1v) is 21.6. The molecule has 2 aliphatic carbocycles. The molecule has 2 saturated carbocycles. The molecular weight excluding hydrogens is 797 g/mol. The van der Waals surface area contributed by atoms with Crippen LogP contribution in [0.15, 0.2) is 5.38 Å². The van der Waals surface area contributed by atoms with Gasteiger partial charge in [0.05, 0.1) is 24.9 Å². The molecule has 19 nitrogen and oxygen atoms in total. The van der Waals surface area contributed by atoms with E-state index in [1.807, 2.05) is 6.92 Å². The predicted octanol–water partition coefficient (Wildman–Crippen LogP) is -0.277. The third-order valence-corrected chi connectivity index (χ3v) is 12.8. The molecule has 59 heavy (non-hydrogen) atoms. The number of carboxylic acids is 1. The monoisotopic (exact) mass is 858 g/mol. The van der Waals surface area contributed by atoms with Gasteiger partial charge in [0.15, 0.2) is 23.7 Å². The van der Waals surface area contributed by atoms with E-state index in [1.165, 1.54) is 25.2 Å². The van der Waals surface area contributed by atoms with Gasteiger partial charge in [0.1, 0.15) is 42.7 Å². The molecule has 20 heteroatoms. The second kappa shape index (κ2) is 21.8. The van der Waals surface area contributed by atoms with Crippen LogP contribution in [0.4, 0.5) is 0 Å². The molecule has 0 spiro atoms. The maximum atomic E-state index is 13.8. The molecule has 2 saturated heterocycles. The van der Waals surface area contributed by atoms with Crippen LogP contribution in [-0.2, 0) is 38.1 Å². The Morgan fingerprint density at radius 2 is 1.64 bits per heavy atom. The van der Waals surface area contributed by atoms with E-state index in [-0.39, 0.29) is 50.1 Å². The molecule has 9 N–H and O–H groups in total. The number of nitrogens with zero attached hydrogens (tertiary/aromatic N) is 1. The zero-order valence-electron chi connectivity index (χ0n) is 34.0. The number of ether oxygens (including phenoxy) is 5. The Balaban J connectivity index is 1.39. The van der Waals surface area contributed by atoms with Gasteiger partial charge in [-0.25, -0.2) is 9.78 Å². The molecule has 10 unspecified atom stereocenters. The summed E-state index contributed by atoms with van der Waals surface area (Å²) in [5, 5.41) is 74.2. The smallest absolute Gasteiger partial charge is 0.332 e. The van der Waals surface area contributed by atoms with E-state index >= 15 is 0 Å². The van der Waals surface area contributed by atoms with Crippen molar-refractivity contribution in [2.75, 3.05) is 19.7 Å². The third kappa shape index (κ3) is 12.2. The fraction of sp³-hybridized carbons (Fsp3) is 0.821. The Morgan fingerprint density at radius 3 is 2.27 bits per heavy atom. The molecule has 4 aliphatic rings. The number of carboxylic acid groups (broad SMARTS) is 1. The number of hydrogen-bond donors (Lipinski definition) is 9. The largest absolute Gasteiger partial charge is 0.479 e. The highest BCUT2D eigenvalue weighted by Crippen LogP contribution is 2.40. The van der Waals surface area contributed by atoms with E-state index in [0.29, 0.717) is 11.4 Å². The van der Waals surface area contributed by atoms with Crippen LogP contribution in [0.25, 0.3) is 0 Å². The van der Waals surface area contributed by atoms with Crippen LogP contribution in [0, 0.1) is 24.7 Å². The summed E-state index contributed by atoms with van der Waals surface area (Å²) in [7, 11) is 0. The summed E-state index contributed by atoms with van der Waals surface area (Å²) in [5.41, 5.74) is 0.718. The number of thiazole rings is 1. The molecule has 4 fully saturated rings. The second-order valence-corrected chi connectivity index (χ2v) is 17.1. The topological polar surface area (TPSA) is 285 Å². The quantitative estimate of drug-likeness (QED) is 0.0912. The second-order valence-electron chi connectivity index (χ2n) is 16.2. The van der Waals surface area contributed by atoms with E-state index in [4.69, 9.17) is 23.7 Å². The summed E-state index contributed by atoms with van der Waals surface area (Å²) in [6, 6.07) is -1.31. The van der Waals surface area contributed by atoms with Gasteiger partial charge in [0.2, 0.25) is 11.8 Å². The Hall–Kier alpha value is -2.89. The van der Waals surface area contributed by atoms with Gasteiger partial charge >= 0.3 is 5.97 Å². The first-order chi connectivity index (χ1) is 28.1. The molecule has 0 radical (unpaired) electrons. The summed E-state index contributed by atoms with van der Waals surface area (Å²) in [5.74, 6) is -3.59. The van der Waals surface area contributed by atoms with Crippen LogP contribution in [-0.4, -0.2) is 159 Å². The number of aliphatic hydroxyl groups is 5. The van der Waals surface area contributed by atoms with Crippen molar-refractivity contribution in [2.45, 2.75) is 165 Å². The van der Waals surface area contributed by atoms with Crippen LogP contribution >= 0.6 is 11.3 Å². The Labute approximate surface area is 347 Å². The predicted molar refractivity (Wildman–Crippen MR) is 208 cm³/mol. The highest BCUT2D eigenvalue weighted by molar-refractivity contribution is 7.11. The molecule has 334 valence electrons. The van der Waals surface area contributed by atoms with Crippen LogP contribution in [0.5, 0.6) is 0 Å². The molecule has 3 heterocycles. The highest BCUT2D eigenvalue weighted by atomic mass is 32.1. The number of aliphatic carboxylic acids is 1. The molecule has 5 rings (SSSR count). The van der Waals surface area contributed by atoms with Gasteiger partial charge in [-0.2, -0.15) is 0 Å². The van der Waals surface area contributed by atoms with Gasteiger partial charge in [-0.15, -0.1) is 11.3 Å². The van der Waals surface area contributed by atoms with Crippen LogP contribution in [0.1, 0.15) is 94.1 Å². The van der Waals surface area contributed by atoms with Gasteiger partial charge in [0, 0.05) is 37.0 Å². The normalized spacial score (nSPS) is 36.0. The van der Waals surface area contributed by atoms with Crippen LogP contribution in [0.2, 0.25) is 0 Å². The average molecular weight is 859 g/mol. The third-order valence-electron chi connectivity index (χ3n) is 11.9. The van der Waals surface area contributed by atoms with Gasteiger partial charge in [-0.05, 0) is 44.9 Å². The maximum absolute atomic E-state index is 13.8. The molecule has 0 bridgehead atoms. The Morgan fingerprint density at radius 1 is 0.932 bits per heavy atom. The molecule has 2 aliphatic heterocycles. The lowest BCUT2D eigenvalue weighted by Gasteiger charge is -2.49. The minimum atomic E-state index is -1.66. The van der Waals surface area contributed by atoms with E-state index in [0.717, 1.165) is 37.8 Å². The standard InChI is InChI=1S/C39H62N4O15S/c1-5-22-14-23(34(50)40-11-12-41-35(51)36-42-18(2)17-59-36)15-24(32(22)58-39-31(49)30(48)28(46)19(3)54-39)56-38-27(43-20(4)45)33(29(47)26(16-44)57-38)55-25(37(52)53)13-21-9-7-6-8-10-21/h17,19,21-33,38-39,44,46-49H,5-16H2,1-4H3,(H,40,50)(H,41,51)(H,43,45)(H,52,53)/t19-,22?,23?,24+,25-,26?,27?,28?,29?,30?,31-,32?,33?,38+,39?/m0/s1. The SMILES string of the molecule is CCC1CC(C(=O)NCCNC(=O)c2nc(C)cs2)C[C@@H](O[C@@H]2OC(CO)C(O)C(O[C@@H](CC3CCCCC3)C(=O)O)C2NC(C)=O)C1OC1O[C@@H](C)C(O)C(O)[C@@H]1O. The van der Waals surface area contributed by atoms with Crippen molar-refractivity contribution in [2.24, 2.45) is 17.8 Å². The van der Waals surface area contributed by atoms with Crippen LogP contribution in [0.3, 0.4) is 0 Å². The Kier molecular flexibility index (Phi) is 17.4. The number of nitrogens with one attached hydrogen (secondary N) is 3. The minimum absolute atomic E-state index is 0.00868. The van der Waals surface area contributed by atoms with Crippen molar-refractivity contribution in [1.29, 1.82) is 0 Å². The fourth-order valence-electron chi connectivity index (χ4n) is 8.62. The summed E-state index contributed by atoms with van der Waals surface area (Å²) in [4.78, 5) is 55.7. The van der Waals surface area contributed by atoms with Gasteiger partial charge < -0.3 is 70.3 Å². The number of rotatable bonds is 17. The van der Waals surface area contributed by atoms with Crippen molar-refractivity contribution in [3.05, 3.63) is 16.1 Å². The highest BCUT2D eigenvalue weighted by Gasteiger charge is 2.53. The number of amides is 3. The molecule has 1 aromatic heterocycles. The number of carbonyl (C=O) groups is 4. The van der Waals surface area contributed by atoms with Crippen molar-refractivity contribution in [3.8, 4) is 0 Å².